The van der Waals surface area contributed by atoms with Crippen LogP contribution in [-0.4, -0.2) is 289 Å². The molecular weight excluding hydrogens is 1730 g/mol. The Labute approximate surface area is 761 Å². The molecule has 8 heterocycles. The standard InChI is InChI=1S/C23H28ClN3O6.C23H27ClN2O7.2C23H28N2O7/c24-22-17-13-16(26-33-15-20(30)27-10-8-25-9-11-27)7-5-3-1-2-4-6-12-32-23(31)21(17)18(28)14-19(22)29;24-22-17-13-16(25-33-15-20(29)26-8-11-31-12-9-26)7-5-3-1-2-4-6-10-32-23(30)21(17)18(27)14-19(22)28;2*26-19-14-17-13-18(24-32-16-21(28)25-8-11-30-12-9-25)7-5-3-1-2-4-6-10-31-23(29)22(17)20(27)15-19/h2,4-5,7,14,25,28-29H,1,3,6,8-13,15H2;2,4-5,7,14,27-28H,1,3,6,8-13,15H2;2*2,4-5,7,14-15,26-27H,1,3,6,8-13,16H2/b4-2+,7-5+,26-16-;4-2+,7-5+,25-16+;4-2+,7-5+,24-18+;4-2+,7-5+,24-18-. The number of amides is 4. The molecular formula is C92H111Cl2N9O27. The van der Waals surface area contributed by atoms with Gasteiger partial charge < -0.3 is 118 Å². The topological polar surface area (TPSA) is 474 Å². The number of hydrogen-bond donors (Lipinski definition) is 9. The Hall–Kier alpha value is -12.7. The Morgan fingerprint density at radius 1 is 0.315 bits per heavy atom. The van der Waals surface area contributed by atoms with Gasteiger partial charge in [-0.05, 0) is 136 Å². The van der Waals surface area contributed by atoms with Crippen LogP contribution in [0.5, 0.6) is 46.0 Å². The molecule has 36 nitrogen and oxygen atoms in total. The van der Waals surface area contributed by atoms with Crippen LogP contribution in [-0.2, 0) is 97.4 Å². The van der Waals surface area contributed by atoms with E-state index in [-0.39, 0.29) is 180 Å². The molecule has 9 N–H and O–H groups in total. The maximum absolute atomic E-state index is 12.7. The van der Waals surface area contributed by atoms with E-state index in [9.17, 15) is 79.2 Å². The van der Waals surface area contributed by atoms with E-state index in [2.05, 4.69) is 25.9 Å². The highest BCUT2D eigenvalue weighted by Gasteiger charge is 2.30. The first-order valence-electron chi connectivity index (χ1n) is 42.8. The smallest absolute Gasteiger partial charge is 0.342 e. The van der Waals surface area contributed by atoms with Crippen molar-refractivity contribution in [1.29, 1.82) is 0 Å². The van der Waals surface area contributed by atoms with Crippen LogP contribution in [0.25, 0.3) is 0 Å². The number of carbonyl (C=O) groups excluding carboxylic acids is 8. The van der Waals surface area contributed by atoms with E-state index in [1.54, 1.807) is 43.9 Å². The summed E-state index contributed by atoms with van der Waals surface area (Å²) in [5, 5.41) is 101. The Morgan fingerprint density at radius 2 is 0.569 bits per heavy atom. The van der Waals surface area contributed by atoms with Gasteiger partial charge in [0.25, 0.3) is 23.6 Å². The van der Waals surface area contributed by atoms with E-state index < -0.39 is 35.4 Å². The zero-order valence-corrected chi connectivity index (χ0v) is 73.7. The monoisotopic (exact) mass is 1840 g/mol. The minimum Gasteiger partial charge on any atom is -0.508 e. The molecule has 0 bridgehead atoms. The maximum atomic E-state index is 12.7. The third-order valence-corrected chi connectivity index (χ3v) is 21.1. The number of rotatable bonds is 12. The predicted molar refractivity (Wildman–Crippen MR) is 479 cm³/mol. The highest BCUT2D eigenvalue weighted by atomic mass is 35.5. The van der Waals surface area contributed by atoms with Crippen LogP contribution >= 0.6 is 23.2 Å². The fourth-order valence-corrected chi connectivity index (χ4v) is 14.1. The molecule has 0 atom stereocenters. The van der Waals surface area contributed by atoms with Crippen molar-refractivity contribution in [2.75, 3.05) is 158 Å². The molecule has 4 aromatic carbocycles. The van der Waals surface area contributed by atoms with Crippen molar-refractivity contribution in [3.05, 3.63) is 188 Å². The van der Waals surface area contributed by atoms with Crippen molar-refractivity contribution in [1.82, 2.24) is 24.9 Å². The summed E-state index contributed by atoms with van der Waals surface area (Å²) in [6.45, 7) is 8.38. The lowest BCUT2D eigenvalue weighted by Crippen LogP contribution is -2.47. The number of cyclic esters (lactones) is 4. The molecule has 4 amide bonds. The Bertz CT molecular complexity index is 4620. The van der Waals surface area contributed by atoms with Crippen molar-refractivity contribution in [2.45, 2.75) is 103 Å². The Kier molecular flexibility index (Phi) is 42.9. The molecule has 0 spiro atoms. The van der Waals surface area contributed by atoms with Crippen LogP contribution in [0.15, 0.2) is 154 Å². The number of halogens is 2. The Balaban J connectivity index is 0.000000195. The molecule has 8 aliphatic heterocycles. The summed E-state index contributed by atoms with van der Waals surface area (Å²) in [5.41, 5.74) is 2.21. The molecule has 4 fully saturated rings. The highest BCUT2D eigenvalue weighted by molar-refractivity contribution is 6.34. The van der Waals surface area contributed by atoms with Crippen LogP contribution in [0, 0.1) is 0 Å². The summed E-state index contributed by atoms with van der Waals surface area (Å²) >= 11 is 12.6. The van der Waals surface area contributed by atoms with Crippen LogP contribution in [0.1, 0.15) is 141 Å². The van der Waals surface area contributed by atoms with E-state index in [4.69, 9.17) is 75.7 Å². The fraction of sp³-hybridized carbons (Fsp3) is 0.435. The van der Waals surface area contributed by atoms with Gasteiger partial charge in [0.05, 0.1) is 99.0 Å². The number of morpholine rings is 3. The summed E-state index contributed by atoms with van der Waals surface area (Å²) in [7, 11) is 0. The van der Waals surface area contributed by atoms with E-state index >= 15 is 0 Å². The molecule has 8 aliphatic rings. The van der Waals surface area contributed by atoms with Crippen LogP contribution in [0.2, 0.25) is 10.0 Å². The highest BCUT2D eigenvalue weighted by Crippen LogP contribution is 2.40. The summed E-state index contributed by atoms with van der Waals surface area (Å²) in [6, 6.07) is 6.94. The lowest BCUT2D eigenvalue weighted by molar-refractivity contribution is -0.140. The third kappa shape index (κ3) is 33.7. The van der Waals surface area contributed by atoms with Gasteiger partial charge in [0.15, 0.2) is 26.4 Å². The number of oxime groups is 4. The van der Waals surface area contributed by atoms with Gasteiger partial charge in [0.2, 0.25) is 0 Å². The van der Waals surface area contributed by atoms with Gasteiger partial charge in [-0.2, -0.15) is 0 Å². The number of allylic oxidation sites excluding steroid dienone is 12. The van der Waals surface area contributed by atoms with Crippen molar-refractivity contribution < 1.29 is 132 Å². The molecule has 38 heteroatoms. The molecule has 0 aromatic heterocycles. The van der Waals surface area contributed by atoms with Gasteiger partial charge in [-0.25, -0.2) is 19.2 Å². The van der Waals surface area contributed by atoms with Crippen molar-refractivity contribution in [3.63, 3.8) is 0 Å². The van der Waals surface area contributed by atoms with Gasteiger partial charge >= 0.3 is 23.9 Å². The first-order valence-corrected chi connectivity index (χ1v) is 43.6. The van der Waals surface area contributed by atoms with E-state index in [1.807, 2.05) is 72.9 Å². The van der Waals surface area contributed by atoms with Gasteiger partial charge in [-0.3, -0.25) is 19.2 Å². The molecule has 0 saturated carbocycles. The first kappa shape index (κ1) is 101. The summed E-state index contributed by atoms with van der Waals surface area (Å²) < 4.78 is 36.8. The average Bonchev–Trinajstić information content (AvgIpc) is 0.746. The summed E-state index contributed by atoms with van der Waals surface area (Å²) in [4.78, 5) is 127. The largest absolute Gasteiger partial charge is 0.508 e. The lowest BCUT2D eigenvalue weighted by atomic mass is 9.99. The molecule has 4 saturated heterocycles. The number of hydrogen-bond acceptors (Lipinski definition) is 32. The van der Waals surface area contributed by atoms with Crippen molar-refractivity contribution in [2.24, 2.45) is 20.6 Å². The summed E-state index contributed by atoms with van der Waals surface area (Å²) in [6.07, 6.45) is 38.7. The zero-order valence-electron chi connectivity index (χ0n) is 72.2. The quantitative estimate of drug-likeness (QED) is 0.0275. The van der Waals surface area contributed by atoms with Gasteiger partial charge in [-0.15, -0.1) is 0 Å². The van der Waals surface area contributed by atoms with Crippen molar-refractivity contribution in [3.8, 4) is 46.0 Å². The second kappa shape index (κ2) is 55.2. The van der Waals surface area contributed by atoms with E-state index in [0.717, 1.165) is 88.7 Å². The SMILES string of the molecule is O=C1OCC/C=C/CC/C=C/C(=N/OCC(=O)N2CCNCC2)Cc2c(Cl)c(O)cc(O)c21.O=C1OCC/C=C/CC/C=C/C(=N/OCC(=O)N2CCOCC2)Cc2cc(O)cc(O)c21.O=C1OCC/C=C/CC/C=C/C(=N\OCC(=O)N2CCOCC2)Cc2c(Cl)c(O)cc(O)c21.O=C1OCC/C=C/CC/C=C/C(=N\OCC(=O)N2CCOCC2)Cc2cc(O)cc(O)c21. The fourth-order valence-electron chi connectivity index (χ4n) is 13.6. The van der Waals surface area contributed by atoms with Gasteiger partial charge in [-0.1, -0.05) is 117 Å². The average molecular weight is 1850 g/mol. The zero-order chi connectivity index (χ0) is 92.8. The van der Waals surface area contributed by atoms with Gasteiger partial charge in [0.1, 0.15) is 68.2 Å². The molecule has 0 aliphatic carbocycles. The number of phenols is 8. The predicted octanol–water partition coefficient (Wildman–Crippen LogP) is 10.2. The Morgan fingerprint density at radius 3 is 0.869 bits per heavy atom. The molecule has 0 radical (unpaired) electrons. The third-order valence-electron chi connectivity index (χ3n) is 20.3. The number of fused-ring (bicyclic) bond motifs is 4. The van der Waals surface area contributed by atoms with E-state index in [1.165, 1.54) is 12.1 Å². The second-order valence-electron chi connectivity index (χ2n) is 29.9. The first-order chi connectivity index (χ1) is 63.0. The molecule has 4 aromatic rings. The van der Waals surface area contributed by atoms with Crippen LogP contribution in [0.4, 0.5) is 0 Å². The van der Waals surface area contributed by atoms with Gasteiger partial charge in [0, 0.05) is 115 Å². The number of nitrogens with zero attached hydrogens (tertiary/aromatic N) is 8. The second-order valence-corrected chi connectivity index (χ2v) is 30.7. The molecule has 0 unspecified atom stereocenters. The maximum Gasteiger partial charge on any atom is 0.342 e. The number of ether oxygens (including phenoxy) is 7. The number of nitrogens with one attached hydrogen (secondary N) is 1. The number of benzene rings is 4. The molecule has 130 heavy (non-hydrogen) atoms. The number of esters is 4. The lowest BCUT2D eigenvalue weighted by Gasteiger charge is -2.26. The number of carbonyl (C=O) groups is 8. The van der Waals surface area contributed by atoms with Crippen molar-refractivity contribution >= 4 is 93.6 Å². The molecule has 12 rings (SSSR count). The number of phenolic OH excluding ortho intramolecular Hbond substituents is 8. The van der Waals surface area contributed by atoms with Crippen LogP contribution in [0.3, 0.4) is 0 Å². The summed E-state index contributed by atoms with van der Waals surface area (Å²) in [5.74, 6) is -6.43. The minimum atomic E-state index is -0.762. The number of piperazine rings is 1. The number of aromatic hydroxyl groups is 8. The normalized spacial score (nSPS) is 21.1. The van der Waals surface area contributed by atoms with E-state index in [0.29, 0.717) is 152 Å². The minimum absolute atomic E-state index is 0.0284. The van der Waals surface area contributed by atoms with Crippen LogP contribution < -0.4 is 5.32 Å². The molecule has 700 valence electrons.